The second-order valence-corrected chi connectivity index (χ2v) is 6.77. The molecule has 4 nitrogen and oxygen atoms in total. The van der Waals surface area contributed by atoms with Gasteiger partial charge in [0.25, 0.3) is 5.91 Å². The summed E-state index contributed by atoms with van der Waals surface area (Å²) in [5.74, 6) is 0.325. The summed E-state index contributed by atoms with van der Waals surface area (Å²) in [5, 5.41) is 3.28. The second-order valence-electron chi connectivity index (χ2n) is 6.77. The molecular weight excluding hydrogens is 350 g/mol. The van der Waals surface area contributed by atoms with Crippen molar-refractivity contribution >= 4 is 22.6 Å². The molecule has 4 aromatic rings. The van der Waals surface area contributed by atoms with E-state index >= 15 is 0 Å². The van der Waals surface area contributed by atoms with Gasteiger partial charge in [0.2, 0.25) is 0 Å². The molecule has 0 aliphatic heterocycles. The summed E-state index contributed by atoms with van der Waals surface area (Å²) in [4.78, 5) is 25.2. The lowest BCUT2D eigenvalue weighted by molar-refractivity contribution is 0.102. The Labute approximate surface area is 162 Å². The van der Waals surface area contributed by atoms with Gasteiger partial charge in [0.15, 0.2) is 5.43 Å². The van der Waals surface area contributed by atoms with Gasteiger partial charge in [-0.25, -0.2) is 0 Å². The maximum absolute atomic E-state index is 12.7. The van der Waals surface area contributed by atoms with Crippen LogP contribution in [0.5, 0.6) is 0 Å². The average Bonchev–Trinajstić information content (AvgIpc) is 2.69. The van der Waals surface area contributed by atoms with Gasteiger partial charge in [-0.3, -0.25) is 9.59 Å². The van der Waals surface area contributed by atoms with Crippen LogP contribution in [0.25, 0.3) is 22.3 Å². The van der Waals surface area contributed by atoms with Crippen molar-refractivity contribution in [3.05, 3.63) is 99.7 Å². The van der Waals surface area contributed by atoms with Crippen LogP contribution in [0.3, 0.4) is 0 Å². The van der Waals surface area contributed by atoms with Crippen molar-refractivity contribution in [1.82, 2.24) is 0 Å². The summed E-state index contributed by atoms with van der Waals surface area (Å²) in [6.45, 7) is 3.86. The number of fused-ring (bicyclic) bond motifs is 1. The third-order valence-electron chi connectivity index (χ3n) is 4.79. The largest absolute Gasteiger partial charge is 0.456 e. The first-order valence-corrected chi connectivity index (χ1v) is 9.04. The minimum Gasteiger partial charge on any atom is -0.456 e. The van der Waals surface area contributed by atoms with Gasteiger partial charge in [0.1, 0.15) is 11.3 Å². The topological polar surface area (TPSA) is 59.3 Å². The van der Waals surface area contributed by atoms with Gasteiger partial charge in [0, 0.05) is 22.9 Å². The van der Waals surface area contributed by atoms with Crippen LogP contribution in [0, 0.1) is 13.8 Å². The van der Waals surface area contributed by atoms with Crippen LogP contribution in [0.1, 0.15) is 21.5 Å². The molecule has 4 rings (SSSR count). The molecule has 0 aliphatic rings. The molecule has 0 unspecified atom stereocenters. The Hall–Kier alpha value is -3.66. The molecule has 0 spiro atoms. The summed E-state index contributed by atoms with van der Waals surface area (Å²) in [6, 6.07) is 21.7. The van der Waals surface area contributed by atoms with Crippen LogP contribution in [0.4, 0.5) is 5.69 Å². The first-order valence-electron chi connectivity index (χ1n) is 9.04. The third-order valence-corrected chi connectivity index (χ3v) is 4.79. The van der Waals surface area contributed by atoms with Crippen molar-refractivity contribution in [1.29, 1.82) is 0 Å². The predicted molar refractivity (Wildman–Crippen MR) is 112 cm³/mol. The molecular formula is C24H19NO3. The molecule has 138 valence electrons. The molecule has 0 bridgehead atoms. The van der Waals surface area contributed by atoms with E-state index in [4.69, 9.17) is 4.42 Å². The molecule has 1 amide bonds. The number of rotatable bonds is 3. The van der Waals surface area contributed by atoms with Gasteiger partial charge in [0.05, 0.1) is 5.39 Å². The van der Waals surface area contributed by atoms with E-state index in [1.54, 1.807) is 24.3 Å². The number of aryl methyl sites for hydroxylation is 2. The van der Waals surface area contributed by atoms with E-state index in [9.17, 15) is 9.59 Å². The Balaban J connectivity index is 1.70. The minimum absolute atomic E-state index is 0.147. The van der Waals surface area contributed by atoms with E-state index in [0.29, 0.717) is 28.0 Å². The number of hydrogen-bond acceptors (Lipinski definition) is 3. The van der Waals surface area contributed by atoms with Gasteiger partial charge >= 0.3 is 0 Å². The molecule has 0 atom stereocenters. The smallest absolute Gasteiger partial charge is 0.255 e. The van der Waals surface area contributed by atoms with Crippen molar-refractivity contribution in [2.75, 3.05) is 5.32 Å². The third kappa shape index (κ3) is 3.32. The van der Waals surface area contributed by atoms with Gasteiger partial charge in [-0.15, -0.1) is 0 Å². The normalized spacial score (nSPS) is 10.8. The second kappa shape index (κ2) is 7.16. The van der Waals surface area contributed by atoms with Crippen LogP contribution in [-0.2, 0) is 0 Å². The Morgan fingerprint density at radius 2 is 1.57 bits per heavy atom. The summed E-state index contributed by atoms with van der Waals surface area (Å²) in [5.41, 5.74) is 4.31. The van der Waals surface area contributed by atoms with Crippen LogP contribution in [-0.4, -0.2) is 5.91 Å². The number of benzene rings is 3. The highest BCUT2D eigenvalue weighted by Crippen LogP contribution is 2.26. The molecule has 28 heavy (non-hydrogen) atoms. The van der Waals surface area contributed by atoms with Crippen LogP contribution >= 0.6 is 0 Å². The summed E-state index contributed by atoms with van der Waals surface area (Å²) in [6.07, 6.45) is 0. The maximum Gasteiger partial charge on any atom is 0.255 e. The summed E-state index contributed by atoms with van der Waals surface area (Å²) < 4.78 is 5.96. The van der Waals surface area contributed by atoms with Crippen molar-refractivity contribution < 1.29 is 9.21 Å². The first kappa shape index (κ1) is 17.7. The predicted octanol–water partition coefficient (Wildman–Crippen LogP) is 5.33. The van der Waals surface area contributed by atoms with Crippen LogP contribution < -0.4 is 10.7 Å². The van der Waals surface area contributed by atoms with E-state index in [1.165, 1.54) is 6.07 Å². The highest BCUT2D eigenvalue weighted by Gasteiger charge is 2.12. The molecule has 4 heteroatoms. The lowest BCUT2D eigenvalue weighted by Gasteiger charge is -2.09. The zero-order chi connectivity index (χ0) is 19.7. The quantitative estimate of drug-likeness (QED) is 0.531. The first-order chi connectivity index (χ1) is 13.5. The van der Waals surface area contributed by atoms with E-state index < -0.39 is 0 Å². The molecule has 0 saturated carbocycles. The minimum atomic E-state index is -0.210. The van der Waals surface area contributed by atoms with Crippen molar-refractivity contribution in [3.63, 3.8) is 0 Å². The van der Waals surface area contributed by atoms with Gasteiger partial charge < -0.3 is 9.73 Å². The Kier molecular flexibility index (Phi) is 4.53. The number of hydrogen-bond donors (Lipinski definition) is 1. The fraction of sp³-hybridized carbons (Fsp3) is 0.0833. The Bertz CT molecular complexity index is 1250. The van der Waals surface area contributed by atoms with Crippen molar-refractivity contribution in [3.8, 4) is 11.3 Å². The summed E-state index contributed by atoms with van der Waals surface area (Å²) in [7, 11) is 0. The van der Waals surface area contributed by atoms with Gasteiger partial charge in [-0.05, 0) is 49.2 Å². The van der Waals surface area contributed by atoms with E-state index in [-0.39, 0.29) is 11.3 Å². The zero-order valence-corrected chi connectivity index (χ0v) is 15.7. The summed E-state index contributed by atoms with van der Waals surface area (Å²) >= 11 is 0. The van der Waals surface area contributed by atoms with Crippen molar-refractivity contribution in [2.45, 2.75) is 13.8 Å². The van der Waals surface area contributed by atoms with Crippen LogP contribution in [0.15, 0.2) is 82.0 Å². The Morgan fingerprint density at radius 1 is 0.857 bits per heavy atom. The fourth-order valence-electron chi connectivity index (χ4n) is 3.24. The number of carbonyl (C=O) groups excluding carboxylic acids is 1. The van der Waals surface area contributed by atoms with E-state index in [1.807, 2.05) is 56.3 Å². The van der Waals surface area contributed by atoms with Gasteiger partial charge in [-0.1, -0.05) is 42.5 Å². The highest BCUT2D eigenvalue weighted by atomic mass is 16.3. The number of carbonyl (C=O) groups is 1. The van der Waals surface area contributed by atoms with Crippen LogP contribution in [0.2, 0.25) is 0 Å². The highest BCUT2D eigenvalue weighted by molar-refractivity contribution is 6.06. The van der Waals surface area contributed by atoms with Crippen molar-refractivity contribution in [2.24, 2.45) is 0 Å². The van der Waals surface area contributed by atoms with E-state index in [0.717, 1.165) is 16.7 Å². The molecule has 1 N–H and O–H groups in total. The molecule has 1 heterocycles. The monoisotopic (exact) mass is 369 g/mol. The lowest BCUT2D eigenvalue weighted by atomic mass is 10.1. The lowest BCUT2D eigenvalue weighted by Crippen LogP contribution is -2.13. The molecule has 0 radical (unpaired) electrons. The molecule has 0 saturated heterocycles. The molecule has 0 fully saturated rings. The number of amides is 1. The molecule has 1 aromatic heterocycles. The maximum atomic E-state index is 12.7. The fourth-order valence-corrected chi connectivity index (χ4v) is 3.24. The molecule has 3 aromatic carbocycles. The van der Waals surface area contributed by atoms with Gasteiger partial charge in [-0.2, -0.15) is 0 Å². The number of anilines is 1. The standard InChI is InChI=1S/C24H19NO3/c1-15-7-3-5-9-18(15)23-14-21(26)20-13-17(11-12-22(20)28-23)25-24(27)19-10-6-4-8-16(19)2/h3-14H,1-2H3,(H,25,27). The molecule has 0 aliphatic carbocycles. The Morgan fingerprint density at radius 3 is 2.32 bits per heavy atom. The SMILES string of the molecule is Cc1ccccc1C(=O)Nc1ccc2oc(-c3ccccc3C)cc(=O)c2c1. The average molecular weight is 369 g/mol. The van der Waals surface area contributed by atoms with E-state index in [2.05, 4.69) is 5.32 Å². The zero-order valence-electron chi connectivity index (χ0n) is 15.7. The number of nitrogens with one attached hydrogen (secondary N) is 1.